The van der Waals surface area contributed by atoms with Crippen LogP contribution >= 0.6 is 0 Å². The van der Waals surface area contributed by atoms with Gasteiger partial charge in [-0.2, -0.15) is 0 Å². The first-order valence-electron chi connectivity index (χ1n) is 11.7. The third-order valence-electron chi connectivity index (χ3n) is 5.93. The Kier molecular flexibility index (Phi) is 8.82. The van der Waals surface area contributed by atoms with Crippen molar-refractivity contribution in [2.45, 2.75) is 19.4 Å². The molecule has 3 rings (SSSR count). The van der Waals surface area contributed by atoms with Gasteiger partial charge in [-0.05, 0) is 62.5 Å². The molecule has 0 aliphatic carbocycles. The van der Waals surface area contributed by atoms with E-state index in [4.69, 9.17) is 18.9 Å². The largest absolute Gasteiger partial charge is 0.507 e. The number of ketones is 1. The fourth-order valence-electron chi connectivity index (χ4n) is 4.11. The van der Waals surface area contributed by atoms with Crippen LogP contribution in [-0.4, -0.2) is 81.7 Å². The molecule has 1 aliphatic rings. The molecule has 1 heterocycles. The quantitative estimate of drug-likeness (QED) is 0.286. The van der Waals surface area contributed by atoms with E-state index >= 15 is 0 Å². The van der Waals surface area contributed by atoms with Gasteiger partial charge in [-0.3, -0.25) is 9.59 Å². The molecule has 0 bridgehead atoms. The Hall–Kier alpha value is -3.72. The summed E-state index contributed by atoms with van der Waals surface area (Å²) < 4.78 is 22.0. The van der Waals surface area contributed by atoms with E-state index in [-0.39, 0.29) is 17.9 Å². The number of likely N-dealkylation sites (N-methyl/N-ethyl adjacent to an activating group) is 1. The number of methoxy groups -OCH3 is 3. The van der Waals surface area contributed by atoms with Crippen molar-refractivity contribution in [3.63, 3.8) is 0 Å². The standard InChI is InChI=1S/C27H34N2O7/c1-7-14-36-19-10-8-17(9-11-19)24(30)22-23(29(13-12-28(2)3)27(32)25(22)31)18-15-20(33-4)26(35-6)21(16-18)34-5/h8-11,15-16,23,30H,7,12-14H2,1-6H3/b24-22-. The Labute approximate surface area is 211 Å². The Bertz CT molecular complexity index is 1100. The maximum Gasteiger partial charge on any atom is 0.295 e. The number of aliphatic hydroxyl groups excluding tert-OH is 1. The number of nitrogens with zero attached hydrogens (tertiary/aromatic N) is 2. The molecule has 1 N–H and O–H groups in total. The fraction of sp³-hybridized carbons (Fsp3) is 0.407. The van der Waals surface area contributed by atoms with Crippen LogP contribution in [0.5, 0.6) is 23.0 Å². The van der Waals surface area contributed by atoms with Gasteiger partial charge in [-0.15, -0.1) is 0 Å². The van der Waals surface area contributed by atoms with Crippen LogP contribution in [-0.2, 0) is 9.59 Å². The highest BCUT2D eigenvalue weighted by molar-refractivity contribution is 6.46. The van der Waals surface area contributed by atoms with Gasteiger partial charge in [0, 0.05) is 18.7 Å². The summed E-state index contributed by atoms with van der Waals surface area (Å²) in [4.78, 5) is 29.8. The zero-order valence-electron chi connectivity index (χ0n) is 21.7. The van der Waals surface area contributed by atoms with Gasteiger partial charge in [0.2, 0.25) is 5.75 Å². The number of Topliss-reactive ketones (excluding diaryl/α,β-unsaturated/α-hetero) is 1. The van der Waals surface area contributed by atoms with E-state index < -0.39 is 17.7 Å². The summed E-state index contributed by atoms with van der Waals surface area (Å²) in [5.74, 6) is 0.0977. The zero-order chi connectivity index (χ0) is 26.4. The molecule has 1 fully saturated rings. The second-order valence-electron chi connectivity index (χ2n) is 8.63. The summed E-state index contributed by atoms with van der Waals surface area (Å²) in [6.07, 6.45) is 0.868. The van der Waals surface area contributed by atoms with E-state index in [1.165, 1.54) is 26.2 Å². The molecule has 0 saturated carbocycles. The highest BCUT2D eigenvalue weighted by atomic mass is 16.5. The molecule has 1 amide bonds. The second-order valence-corrected chi connectivity index (χ2v) is 8.63. The third kappa shape index (κ3) is 5.41. The summed E-state index contributed by atoms with van der Waals surface area (Å²) >= 11 is 0. The van der Waals surface area contributed by atoms with Crippen LogP contribution in [0.25, 0.3) is 5.76 Å². The minimum absolute atomic E-state index is 0.00439. The van der Waals surface area contributed by atoms with Crippen molar-refractivity contribution in [2.24, 2.45) is 0 Å². The van der Waals surface area contributed by atoms with Gasteiger partial charge in [0.25, 0.3) is 11.7 Å². The minimum Gasteiger partial charge on any atom is -0.507 e. The normalized spacial score (nSPS) is 17.0. The maximum absolute atomic E-state index is 13.3. The Morgan fingerprint density at radius 1 is 1.00 bits per heavy atom. The topological polar surface area (TPSA) is 97.8 Å². The maximum atomic E-state index is 13.3. The van der Waals surface area contributed by atoms with E-state index in [1.54, 1.807) is 36.4 Å². The van der Waals surface area contributed by atoms with Crippen LogP contribution in [0.15, 0.2) is 42.0 Å². The molecule has 1 aliphatic heterocycles. The minimum atomic E-state index is -0.852. The summed E-state index contributed by atoms with van der Waals surface area (Å²) in [5, 5.41) is 11.3. The lowest BCUT2D eigenvalue weighted by Crippen LogP contribution is -2.35. The van der Waals surface area contributed by atoms with Gasteiger partial charge >= 0.3 is 0 Å². The highest BCUT2D eigenvalue weighted by Gasteiger charge is 2.46. The number of likely N-dealkylation sites (tertiary alicyclic amines) is 1. The van der Waals surface area contributed by atoms with Gasteiger partial charge in [0.15, 0.2) is 11.5 Å². The molecular formula is C27H34N2O7. The predicted octanol–water partition coefficient (Wildman–Crippen LogP) is 3.48. The lowest BCUT2D eigenvalue weighted by molar-refractivity contribution is -0.140. The van der Waals surface area contributed by atoms with Crippen LogP contribution in [0, 0.1) is 0 Å². The highest BCUT2D eigenvalue weighted by Crippen LogP contribution is 2.45. The van der Waals surface area contributed by atoms with Gasteiger partial charge in [-0.25, -0.2) is 0 Å². The summed E-state index contributed by atoms with van der Waals surface area (Å²) in [6.45, 7) is 3.39. The SMILES string of the molecule is CCCOc1ccc(/C(O)=C2/C(=O)C(=O)N(CCN(C)C)C2c2cc(OC)c(OC)c(OC)c2)cc1. The molecule has 9 heteroatoms. The van der Waals surface area contributed by atoms with E-state index in [1.807, 2.05) is 25.9 Å². The van der Waals surface area contributed by atoms with Crippen molar-refractivity contribution in [3.05, 3.63) is 53.1 Å². The molecule has 194 valence electrons. The number of ether oxygens (including phenoxy) is 4. The van der Waals surface area contributed by atoms with Crippen LogP contribution < -0.4 is 18.9 Å². The van der Waals surface area contributed by atoms with Gasteiger partial charge in [-0.1, -0.05) is 6.92 Å². The molecule has 2 aromatic carbocycles. The lowest BCUT2D eigenvalue weighted by atomic mass is 9.94. The van der Waals surface area contributed by atoms with Crippen molar-refractivity contribution >= 4 is 17.4 Å². The van der Waals surface area contributed by atoms with Crippen molar-refractivity contribution < 1.29 is 33.6 Å². The number of hydrogen-bond donors (Lipinski definition) is 1. The molecule has 36 heavy (non-hydrogen) atoms. The van der Waals surface area contributed by atoms with Crippen LogP contribution in [0.2, 0.25) is 0 Å². The summed E-state index contributed by atoms with van der Waals surface area (Å²) in [7, 11) is 8.25. The zero-order valence-corrected chi connectivity index (χ0v) is 21.7. The molecule has 0 spiro atoms. The van der Waals surface area contributed by atoms with Crippen LogP contribution in [0.1, 0.15) is 30.5 Å². The van der Waals surface area contributed by atoms with Crippen LogP contribution in [0.3, 0.4) is 0 Å². The molecule has 0 radical (unpaired) electrons. The number of hydrogen-bond acceptors (Lipinski definition) is 8. The monoisotopic (exact) mass is 498 g/mol. The van der Waals surface area contributed by atoms with Gasteiger partial charge < -0.3 is 33.9 Å². The summed E-state index contributed by atoms with van der Waals surface area (Å²) in [6, 6.07) is 9.31. The molecule has 2 aromatic rings. The molecular weight excluding hydrogens is 464 g/mol. The second kappa shape index (κ2) is 11.8. The van der Waals surface area contributed by atoms with Gasteiger partial charge in [0.1, 0.15) is 11.5 Å². The van der Waals surface area contributed by atoms with Crippen LogP contribution in [0.4, 0.5) is 0 Å². The first kappa shape index (κ1) is 26.9. The number of amides is 1. The average Bonchev–Trinajstić information content (AvgIpc) is 3.14. The van der Waals surface area contributed by atoms with Crippen molar-refractivity contribution in [3.8, 4) is 23.0 Å². The van der Waals surface area contributed by atoms with E-state index in [9.17, 15) is 14.7 Å². The molecule has 1 unspecified atom stereocenters. The lowest BCUT2D eigenvalue weighted by Gasteiger charge is -2.27. The van der Waals surface area contributed by atoms with Crippen molar-refractivity contribution in [1.82, 2.24) is 9.80 Å². The molecule has 0 aromatic heterocycles. The number of aliphatic hydroxyl groups is 1. The first-order chi connectivity index (χ1) is 17.3. The Balaban J connectivity index is 2.17. The number of benzene rings is 2. The number of carbonyl (C=O) groups is 2. The summed E-state index contributed by atoms with van der Waals surface area (Å²) in [5.41, 5.74) is 0.948. The fourth-order valence-corrected chi connectivity index (χ4v) is 4.11. The number of rotatable bonds is 11. The van der Waals surface area contributed by atoms with E-state index in [2.05, 4.69) is 0 Å². The van der Waals surface area contributed by atoms with Crippen molar-refractivity contribution in [2.75, 3.05) is 55.1 Å². The van der Waals surface area contributed by atoms with Gasteiger partial charge in [0.05, 0.1) is 39.6 Å². The Morgan fingerprint density at radius 2 is 1.61 bits per heavy atom. The molecule has 9 nitrogen and oxygen atoms in total. The third-order valence-corrected chi connectivity index (χ3v) is 5.93. The Morgan fingerprint density at radius 3 is 2.11 bits per heavy atom. The number of carbonyl (C=O) groups excluding carboxylic acids is 2. The molecule has 1 atom stereocenters. The average molecular weight is 499 g/mol. The van der Waals surface area contributed by atoms with E-state index in [0.717, 1.165) is 6.42 Å². The predicted molar refractivity (Wildman–Crippen MR) is 136 cm³/mol. The molecule has 1 saturated heterocycles. The van der Waals surface area contributed by atoms with E-state index in [0.29, 0.717) is 47.3 Å². The smallest absolute Gasteiger partial charge is 0.295 e. The van der Waals surface area contributed by atoms with Crippen molar-refractivity contribution in [1.29, 1.82) is 0 Å². The first-order valence-corrected chi connectivity index (χ1v) is 11.7.